The van der Waals surface area contributed by atoms with Crippen molar-refractivity contribution >= 4 is 22.5 Å². The number of nitrogens with one attached hydrogen (secondary N) is 1. The molecule has 0 bridgehead atoms. The van der Waals surface area contributed by atoms with Gasteiger partial charge in [-0.05, 0) is 44.2 Å². The third-order valence-corrected chi connectivity index (χ3v) is 3.51. The normalized spacial score (nSPS) is 11.0. The lowest BCUT2D eigenvalue weighted by Gasteiger charge is -2.11. The van der Waals surface area contributed by atoms with Crippen LogP contribution in [0.4, 0.5) is 5.69 Å². The first kappa shape index (κ1) is 13.4. The second kappa shape index (κ2) is 5.40. The summed E-state index contributed by atoms with van der Waals surface area (Å²) < 4.78 is 2.19. The van der Waals surface area contributed by atoms with Crippen LogP contribution in [0, 0.1) is 0 Å². The van der Waals surface area contributed by atoms with Gasteiger partial charge in [-0.2, -0.15) is 0 Å². The molecule has 0 radical (unpaired) electrons. The minimum absolute atomic E-state index is 0.123. The summed E-state index contributed by atoms with van der Waals surface area (Å²) in [4.78, 5) is 16.2. The Kier molecular flexibility index (Phi) is 3.44. The summed E-state index contributed by atoms with van der Waals surface area (Å²) in [6, 6.07) is 11.8. The summed E-state index contributed by atoms with van der Waals surface area (Å²) in [5, 5.41) is 4.02. The first-order valence-electron chi connectivity index (χ1n) is 6.98. The molecule has 1 amide bonds. The minimum atomic E-state index is -0.123. The number of anilines is 1. The Morgan fingerprint density at radius 1 is 1.14 bits per heavy atom. The number of carbonyl (C=O) groups excluding carboxylic acids is 1. The van der Waals surface area contributed by atoms with Gasteiger partial charge in [0.1, 0.15) is 0 Å². The van der Waals surface area contributed by atoms with E-state index in [0.717, 1.165) is 16.6 Å². The lowest BCUT2D eigenvalue weighted by molar-refractivity contribution is 0.102. The van der Waals surface area contributed by atoms with Gasteiger partial charge in [0.15, 0.2) is 0 Å². The van der Waals surface area contributed by atoms with Crippen molar-refractivity contribution < 1.29 is 4.79 Å². The van der Waals surface area contributed by atoms with Crippen molar-refractivity contribution in [1.82, 2.24) is 9.55 Å². The van der Waals surface area contributed by atoms with E-state index >= 15 is 0 Å². The standard InChI is InChI=1S/C17H17N3O/c1-12(2)20-11-8-14-15(4-3-5-16(14)20)19-17(21)13-6-9-18-10-7-13/h3-12H,1-2H3,(H,19,21). The SMILES string of the molecule is CC(C)n1ccc2c(NC(=O)c3ccncc3)cccc21. The van der Waals surface area contributed by atoms with Gasteiger partial charge in [0, 0.05) is 35.6 Å². The monoisotopic (exact) mass is 279 g/mol. The Balaban J connectivity index is 1.96. The molecule has 2 aromatic heterocycles. The Morgan fingerprint density at radius 2 is 1.90 bits per heavy atom. The molecular formula is C17H17N3O. The molecule has 0 atom stereocenters. The number of aromatic nitrogens is 2. The van der Waals surface area contributed by atoms with Gasteiger partial charge in [0.25, 0.3) is 5.91 Å². The molecule has 0 aliphatic carbocycles. The van der Waals surface area contributed by atoms with Crippen LogP contribution >= 0.6 is 0 Å². The minimum Gasteiger partial charge on any atom is -0.345 e. The van der Waals surface area contributed by atoms with Crippen molar-refractivity contribution in [3.8, 4) is 0 Å². The molecule has 0 saturated carbocycles. The summed E-state index contributed by atoms with van der Waals surface area (Å²) in [5.74, 6) is -0.123. The number of rotatable bonds is 3. The molecule has 0 spiro atoms. The maximum atomic E-state index is 12.3. The number of pyridine rings is 1. The fourth-order valence-corrected chi connectivity index (χ4v) is 2.45. The molecular weight excluding hydrogens is 262 g/mol. The highest BCUT2D eigenvalue weighted by Gasteiger charge is 2.11. The zero-order valence-electron chi connectivity index (χ0n) is 12.1. The fourth-order valence-electron chi connectivity index (χ4n) is 2.45. The zero-order chi connectivity index (χ0) is 14.8. The first-order valence-corrected chi connectivity index (χ1v) is 6.98. The lowest BCUT2D eigenvalue weighted by Crippen LogP contribution is -2.12. The Labute approximate surface area is 123 Å². The van der Waals surface area contributed by atoms with Crippen molar-refractivity contribution in [2.24, 2.45) is 0 Å². The molecule has 0 fully saturated rings. The predicted octanol–water partition coefficient (Wildman–Crippen LogP) is 3.87. The van der Waals surface area contributed by atoms with Crippen molar-refractivity contribution in [2.45, 2.75) is 19.9 Å². The number of benzene rings is 1. The molecule has 1 N–H and O–H groups in total. The molecule has 21 heavy (non-hydrogen) atoms. The van der Waals surface area contributed by atoms with Crippen LogP contribution in [-0.4, -0.2) is 15.5 Å². The third kappa shape index (κ3) is 2.52. The van der Waals surface area contributed by atoms with Gasteiger partial charge >= 0.3 is 0 Å². The second-order valence-corrected chi connectivity index (χ2v) is 5.25. The van der Waals surface area contributed by atoms with Crippen molar-refractivity contribution in [1.29, 1.82) is 0 Å². The van der Waals surface area contributed by atoms with E-state index in [-0.39, 0.29) is 5.91 Å². The van der Waals surface area contributed by atoms with E-state index < -0.39 is 0 Å². The average Bonchev–Trinajstić information content (AvgIpc) is 2.93. The van der Waals surface area contributed by atoms with E-state index in [1.165, 1.54) is 0 Å². The number of hydrogen-bond donors (Lipinski definition) is 1. The molecule has 3 aromatic rings. The topological polar surface area (TPSA) is 46.9 Å². The highest BCUT2D eigenvalue weighted by molar-refractivity contribution is 6.08. The summed E-state index contributed by atoms with van der Waals surface area (Å²) in [7, 11) is 0. The molecule has 0 saturated heterocycles. The number of carbonyl (C=O) groups is 1. The quantitative estimate of drug-likeness (QED) is 0.791. The van der Waals surface area contributed by atoms with Gasteiger partial charge in [-0.1, -0.05) is 6.07 Å². The average molecular weight is 279 g/mol. The van der Waals surface area contributed by atoms with Crippen LogP contribution in [0.2, 0.25) is 0 Å². The Hall–Kier alpha value is -2.62. The van der Waals surface area contributed by atoms with Crippen LogP contribution in [0.15, 0.2) is 55.0 Å². The molecule has 4 nitrogen and oxygen atoms in total. The van der Waals surface area contributed by atoms with Crippen molar-refractivity contribution in [3.05, 3.63) is 60.6 Å². The van der Waals surface area contributed by atoms with Gasteiger partial charge in [0.2, 0.25) is 0 Å². The maximum Gasteiger partial charge on any atom is 0.255 e. The van der Waals surface area contributed by atoms with E-state index in [2.05, 4.69) is 41.0 Å². The van der Waals surface area contributed by atoms with Crippen LogP contribution in [0.5, 0.6) is 0 Å². The third-order valence-electron chi connectivity index (χ3n) is 3.51. The van der Waals surface area contributed by atoms with Crippen LogP contribution in [0.3, 0.4) is 0 Å². The van der Waals surface area contributed by atoms with Crippen LogP contribution in [0.25, 0.3) is 10.9 Å². The largest absolute Gasteiger partial charge is 0.345 e. The van der Waals surface area contributed by atoms with Crippen molar-refractivity contribution in [3.63, 3.8) is 0 Å². The number of fused-ring (bicyclic) bond motifs is 1. The Morgan fingerprint density at radius 3 is 2.62 bits per heavy atom. The number of nitrogens with zero attached hydrogens (tertiary/aromatic N) is 2. The van der Waals surface area contributed by atoms with Gasteiger partial charge in [-0.3, -0.25) is 9.78 Å². The molecule has 106 valence electrons. The molecule has 0 unspecified atom stereocenters. The molecule has 3 rings (SSSR count). The smallest absolute Gasteiger partial charge is 0.255 e. The van der Waals surface area contributed by atoms with Gasteiger partial charge in [-0.15, -0.1) is 0 Å². The summed E-state index contributed by atoms with van der Waals surface area (Å²) in [6.45, 7) is 4.28. The molecule has 2 heterocycles. The van der Waals surface area contributed by atoms with E-state index in [0.29, 0.717) is 11.6 Å². The fraction of sp³-hybridized carbons (Fsp3) is 0.176. The molecule has 0 aliphatic rings. The first-order chi connectivity index (χ1) is 10.2. The van der Waals surface area contributed by atoms with Gasteiger partial charge in [0.05, 0.1) is 11.2 Å². The van der Waals surface area contributed by atoms with E-state index in [4.69, 9.17) is 0 Å². The summed E-state index contributed by atoms with van der Waals surface area (Å²) in [6.07, 6.45) is 5.28. The van der Waals surface area contributed by atoms with Gasteiger partial charge < -0.3 is 9.88 Å². The van der Waals surface area contributed by atoms with E-state index in [1.54, 1.807) is 24.5 Å². The summed E-state index contributed by atoms with van der Waals surface area (Å²) in [5.41, 5.74) is 2.55. The van der Waals surface area contributed by atoms with E-state index in [1.807, 2.05) is 18.2 Å². The van der Waals surface area contributed by atoms with Crippen molar-refractivity contribution in [2.75, 3.05) is 5.32 Å². The predicted molar refractivity (Wildman–Crippen MR) is 84.5 cm³/mol. The van der Waals surface area contributed by atoms with Crippen LogP contribution in [-0.2, 0) is 0 Å². The van der Waals surface area contributed by atoms with E-state index in [9.17, 15) is 4.79 Å². The molecule has 4 heteroatoms. The molecule has 1 aromatic carbocycles. The number of amides is 1. The van der Waals surface area contributed by atoms with Crippen LogP contribution < -0.4 is 5.32 Å². The van der Waals surface area contributed by atoms with Gasteiger partial charge in [-0.25, -0.2) is 0 Å². The number of hydrogen-bond acceptors (Lipinski definition) is 2. The maximum absolute atomic E-state index is 12.3. The summed E-state index contributed by atoms with van der Waals surface area (Å²) >= 11 is 0. The zero-order valence-corrected chi connectivity index (χ0v) is 12.1. The lowest BCUT2D eigenvalue weighted by atomic mass is 10.2. The van der Waals surface area contributed by atoms with Crippen LogP contribution in [0.1, 0.15) is 30.2 Å². The Bertz CT molecular complexity index is 775. The highest BCUT2D eigenvalue weighted by atomic mass is 16.1. The molecule has 0 aliphatic heterocycles. The highest BCUT2D eigenvalue weighted by Crippen LogP contribution is 2.27. The second-order valence-electron chi connectivity index (χ2n) is 5.25.